The Kier molecular flexibility index (Phi) is 13.6. The van der Waals surface area contributed by atoms with Crippen molar-refractivity contribution in [3.63, 3.8) is 0 Å². The molecule has 0 bridgehead atoms. The Morgan fingerprint density at radius 2 is 1.78 bits per heavy atom. The number of aryl methyl sites for hydroxylation is 1. The predicted molar refractivity (Wildman–Crippen MR) is 262 cm³/mol. The summed E-state index contributed by atoms with van der Waals surface area (Å²) in [7, 11) is -2.42. The summed E-state index contributed by atoms with van der Waals surface area (Å²) in [6, 6.07) is 10.7. The molecule has 4 N–H and O–H groups in total. The second kappa shape index (κ2) is 19.0. The van der Waals surface area contributed by atoms with Crippen LogP contribution in [0.1, 0.15) is 117 Å². The number of nitrogens with one attached hydrogen (secondary N) is 4. The third-order valence-electron chi connectivity index (χ3n) is 13.3. The number of fused-ring (bicyclic) bond motifs is 3. The number of ether oxygens (including phenoxy) is 3. The zero-order chi connectivity index (χ0) is 48.8. The molecule has 0 radical (unpaired) electrons. The van der Waals surface area contributed by atoms with E-state index in [2.05, 4.69) is 34.5 Å². The lowest BCUT2D eigenvalue weighted by Gasteiger charge is -2.30. The van der Waals surface area contributed by atoms with Crippen molar-refractivity contribution in [3.8, 4) is 22.2 Å². The number of benzene rings is 2. The minimum absolute atomic E-state index is 0.0215. The number of amides is 4. The van der Waals surface area contributed by atoms with Gasteiger partial charge in [0.05, 0.1) is 29.6 Å². The monoisotopic (exact) mass is 969 g/mol. The number of hydrogen-bond donors (Lipinski definition) is 4. The molecule has 2 aromatic carbocycles. The lowest BCUT2D eigenvalue weighted by molar-refractivity contribution is -0.140. The van der Waals surface area contributed by atoms with Crippen LogP contribution in [0, 0.1) is 12.8 Å². The minimum Gasteiger partial charge on any atom is -0.496 e. The number of allylic oxidation sites excluding steroid dienone is 1. The Morgan fingerprint density at radius 1 is 1.01 bits per heavy atom. The van der Waals surface area contributed by atoms with Crippen LogP contribution in [-0.2, 0) is 29.1 Å². The summed E-state index contributed by atoms with van der Waals surface area (Å²) in [6.07, 6.45) is 7.13. The number of thiazole rings is 1. The molecule has 0 spiro atoms. The van der Waals surface area contributed by atoms with Crippen molar-refractivity contribution in [1.29, 1.82) is 0 Å². The molecule has 2 aliphatic carbocycles. The molecule has 3 fully saturated rings. The predicted octanol–water partition coefficient (Wildman–Crippen LogP) is 8.37. The van der Waals surface area contributed by atoms with Crippen molar-refractivity contribution in [2.45, 2.75) is 146 Å². The Morgan fingerprint density at radius 3 is 2.49 bits per heavy atom. The smallest absolute Gasteiger partial charge is 0.412 e. The summed E-state index contributed by atoms with van der Waals surface area (Å²) < 4.78 is 46.1. The number of pyridine rings is 1. The zero-order valence-electron chi connectivity index (χ0n) is 40.1. The van der Waals surface area contributed by atoms with Gasteiger partial charge in [-0.1, -0.05) is 44.9 Å². The number of aromatic nitrogens is 2. The fourth-order valence-electron chi connectivity index (χ4n) is 8.91. The number of rotatable bonds is 11. The van der Waals surface area contributed by atoms with E-state index >= 15 is 4.79 Å². The number of carbonyl (C=O) groups excluding carboxylic acids is 4. The van der Waals surface area contributed by atoms with Crippen molar-refractivity contribution < 1.29 is 41.8 Å². The van der Waals surface area contributed by atoms with E-state index in [0.29, 0.717) is 76.6 Å². The van der Waals surface area contributed by atoms with Gasteiger partial charge in [0, 0.05) is 46.1 Å². The Hall–Kier alpha value is -5.75. The number of hydrogen-bond acceptors (Lipinski definition) is 13. The minimum atomic E-state index is -4.02. The van der Waals surface area contributed by atoms with E-state index in [1.807, 2.05) is 42.7 Å². The van der Waals surface area contributed by atoms with Crippen molar-refractivity contribution in [3.05, 3.63) is 71.3 Å². The number of carbonyl (C=O) groups is 4. The van der Waals surface area contributed by atoms with E-state index in [1.54, 1.807) is 59.1 Å². The van der Waals surface area contributed by atoms with Gasteiger partial charge in [0.2, 0.25) is 21.8 Å². The summed E-state index contributed by atoms with van der Waals surface area (Å²) in [4.78, 5) is 68.4. The van der Waals surface area contributed by atoms with Gasteiger partial charge >= 0.3 is 6.09 Å². The fourth-order valence-corrected chi connectivity index (χ4v) is 11.2. The average molecular weight is 970 g/mol. The van der Waals surface area contributed by atoms with Gasteiger partial charge in [0.1, 0.15) is 51.5 Å². The van der Waals surface area contributed by atoms with E-state index in [-0.39, 0.29) is 31.2 Å². The highest BCUT2D eigenvalue weighted by molar-refractivity contribution is 7.91. The van der Waals surface area contributed by atoms with Gasteiger partial charge in [-0.2, -0.15) is 0 Å². The quantitative estimate of drug-likeness (QED) is 0.105. The second-order valence-corrected chi connectivity index (χ2v) is 23.2. The Balaban J connectivity index is 1.14. The molecule has 16 nitrogen and oxygen atoms in total. The van der Waals surface area contributed by atoms with Crippen LogP contribution >= 0.6 is 11.3 Å². The third-order valence-corrected chi connectivity index (χ3v) is 16.4. The highest BCUT2D eigenvalue weighted by Crippen LogP contribution is 2.48. The zero-order valence-corrected chi connectivity index (χ0v) is 41.7. The molecular weight excluding hydrogens is 907 g/mol. The van der Waals surface area contributed by atoms with E-state index in [1.165, 1.54) is 16.2 Å². The van der Waals surface area contributed by atoms with Crippen LogP contribution < -0.4 is 30.1 Å². The maximum atomic E-state index is 15.2. The molecule has 4 aliphatic rings. The Bertz CT molecular complexity index is 2750. The van der Waals surface area contributed by atoms with E-state index < -0.39 is 67.9 Å². The molecule has 0 unspecified atom stereocenters. The van der Waals surface area contributed by atoms with Gasteiger partial charge < -0.3 is 29.7 Å². The van der Waals surface area contributed by atoms with Gasteiger partial charge in [-0.15, -0.1) is 11.3 Å². The van der Waals surface area contributed by atoms with Gasteiger partial charge in [-0.25, -0.2) is 23.2 Å². The second-order valence-electron chi connectivity index (χ2n) is 20.1. The first kappa shape index (κ1) is 48.7. The lowest BCUT2D eigenvalue weighted by Crippen LogP contribution is -2.58. The SMILES string of the molecule is COc1ccc2c(O[C@@H]3C[C@H]4C(=O)N[C@]5(C(=O)NS(=O)(=O)C6(C)CC6)C[C@H]5/C=C\CCCCC[C@H](Nc5cccc(NC(=O)OC(C)(C)C)c5)C(=O)N4C3)cc(-c3nc(C(C)C)cs3)nc2c1C. The molecule has 4 heterocycles. The van der Waals surface area contributed by atoms with Gasteiger partial charge in [-0.3, -0.25) is 24.4 Å². The summed E-state index contributed by atoms with van der Waals surface area (Å²) in [5, 5.41) is 12.6. The molecule has 1 saturated heterocycles. The average Bonchev–Trinajstić information content (AvgIpc) is 4.04. The first-order valence-electron chi connectivity index (χ1n) is 23.5. The molecule has 2 aromatic heterocycles. The summed E-state index contributed by atoms with van der Waals surface area (Å²) >= 11 is 1.49. The highest BCUT2D eigenvalue weighted by Gasteiger charge is 2.63. The summed E-state index contributed by atoms with van der Waals surface area (Å²) in [6.45, 7) is 13.0. The largest absolute Gasteiger partial charge is 0.496 e. The van der Waals surface area contributed by atoms with Gasteiger partial charge in [-0.05, 0) is 109 Å². The molecule has 2 aliphatic heterocycles. The number of nitrogens with zero attached hydrogens (tertiary/aromatic N) is 3. The van der Waals surface area contributed by atoms with Crippen LogP contribution in [0.3, 0.4) is 0 Å². The Labute approximate surface area is 402 Å². The maximum Gasteiger partial charge on any atom is 0.412 e. The van der Waals surface area contributed by atoms with Crippen molar-refractivity contribution in [2.24, 2.45) is 5.92 Å². The van der Waals surface area contributed by atoms with Crippen LogP contribution in [-0.4, -0.2) is 94.8 Å². The molecule has 8 rings (SSSR count). The molecular formula is C50H63N7O9S2. The summed E-state index contributed by atoms with van der Waals surface area (Å²) in [5.41, 5.74) is 1.79. The number of anilines is 2. The van der Waals surface area contributed by atoms with Crippen molar-refractivity contribution in [1.82, 2.24) is 24.9 Å². The molecule has 2 saturated carbocycles. The number of methoxy groups -OCH3 is 1. The normalized spacial score (nSPS) is 24.4. The van der Waals surface area contributed by atoms with E-state index in [4.69, 9.17) is 24.2 Å². The lowest BCUT2D eigenvalue weighted by atomic mass is 10.0. The maximum absolute atomic E-state index is 15.2. The molecule has 364 valence electrons. The van der Waals surface area contributed by atoms with E-state index in [0.717, 1.165) is 24.1 Å². The first-order chi connectivity index (χ1) is 32.2. The van der Waals surface area contributed by atoms with E-state index in [9.17, 15) is 22.8 Å². The highest BCUT2D eigenvalue weighted by atomic mass is 32.2. The third kappa shape index (κ3) is 10.5. The van der Waals surface area contributed by atoms with Crippen molar-refractivity contribution in [2.75, 3.05) is 24.3 Å². The van der Waals surface area contributed by atoms with Crippen LogP contribution in [0.2, 0.25) is 0 Å². The molecule has 5 atom stereocenters. The van der Waals surface area contributed by atoms with Crippen LogP contribution in [0.5, 0.6) is 11.5 Å². The molecule has 68 heavy (non-hydrogen) atoms. The van der Waals surface area contributed by atoms with Crippen LogP contribution in [0.4, 0.5) is 16.2 Å². The topological polar surface area (TPSA) is 207 Å². The summed E-state index contributed by atoms with van der Waals surface area (Å²) in [5.74, 6) is -0.827. The van der Waals surface area contributed by atoms with Crippen LogP contribution in [0.25, 0.3) is 21.6 Å². The standard InChI is InChI=1S/C50H63N7O9S2/c1-29(2)38-28-67-44(54-38)37-25-41(35-19-20-40(64-8)30(3)42(35)53-37)65-34-24-39-43(58)55-50(46(60)56-68(62,63)49(7)21-22-49)26-31(50)15-12-10-9-11-13-18-36(45(59)57(39)27-34)51-32-16-14-17-33(23-32)52-47(61)66-48(4,5)6/h12,14-17,19-20,23,25,28-29,31,34,36,39,51H,9-11,13,18,21-22,24,26-27H2,1-8H3,(H,52,61)(H,55,58)(H,56,60)/b15-12-/t31-,34-,36+,39+,50-/m1/s1. The van der Waals surface area contributed by atoms with Gasteiger partial charge in [0.25, 0.3) is 5.91 Å². The van der Waals surface area contributed by atoms with Crippen molar-refractivity contribution >= 4 is 67.5 Å². The van der Waals surface area contributed by atoms with Crippen LogP contribution in [0.15, 0.2) is 60.0 Å². The number of sulfonamides is 1. The molecule has 18 heteroatoms. The molecule has 4 amide bonds. The van der Waals surface area contributed by atoms with Gasteiger partial charge in [0.15, 0.2) is 0 Å². The molecule has 4 aromatic rings. The first-order valence-corrected chi connectivity index (χ1v) is 25.9. The fraction of sp³-hybridized carbons (Fsp3) is 0.520.